The molecule has 3 rings (SSSR count). The lowest BCUT2D eigenvalue weighted by Gasteiger charge is -2.32. The molecule has 0 unspecified atom stereocenters. The van der Waals surface area contributed by atoms with E-state index in [1.165, 1.54) is 12.3 Å². The average molecular weight is 339 g/mol. The average Bonchev–Trinajstić information content (AvgIpc) is 2.58. The number of aliphatic hydroxyl groups is 1. The van der Waals surface area contributed by atoms with Gasteiger partial charge in [-0.1, -0.05) is 6.08 Å². The van der Waals surface area contributed by atoms with Crippen LogP contribution in [-0.4, -0.2) is 33.7 Å². The van der Waals surface area contributed by atoms with Crippen molar-refractivity contribution in [2.24, 2.45) is 0 Å². The van der Waals surface area contributed by atoms with E-state index in [9.17, 15) is 14.8 Å². The summed E-state index contributed by atoms with van der Waals surface area (Å²) < 4.78 is 18.9. The molecule has 25 heavy (non-hydrogen) atoms. The molecule has 0 radical (unpaired) electrons. The van der Waals surface area contributed by atoms with E-state index in [-0.39, 0.29) is 6.61 Å². The normalized spacial score (nSPS) is 16.8. The molecule has 3 heterocycles. The molecule has 0 atom stereocenters. The van der Waals surface area contributed by atoms with Crippen LogP contribution in [-0.2, 0) is 4.74 Å². The lowest BCUT2D eigenvalue weighted by atomic mass is 9.95. The number of nitriles is 1. The van der Waals surface area contributed by atoms with Crippen molar-refractivity contribution in [2.75, 3.05) is 13.2 Å². The summed E-state index contributed by atoms with van der Waals surface area (Å²) in [5, 5.41) is 19.3. The minimum absolute atomic E-state index is 0.123. The number of pyridine rings is 1. The summed E-state index contributed by atoms with van der Waals surface area (Å²) in [5.74, 6) is -0.0122. The molecule has 128 valence electrons. The Kier molecular flexibility index (Phi) is 4.43. The number of ether oxygens (including phenoxy) is 1. The third kappa shape index (κ3) is 3.78. The van der Waals surface area contributed by atoms with Crippen LogP contribution < -0.4 is 0 Å². The Morgan fingerprint density at radius 1 is 1.44 bits per heavy atom. The number of nitrogens with zero attached hydrogens (tertiary/aromatic N) is 3. The zero-order valence-corrected chi connectivity index (χ0v) is 14.0. The van der Waals surface area contributed by atoms with Crippen LogP contribution in [0.1, 0.15) is 19.4 Å². The van der Waals surface area contributed by atoms with Crippen LogP contribution in [0.5, 0.6) is 0 Å². The first kappa shape index (κ1) is 16.9. The Morgan fingerprint density at radius 3 is 2.88 bits per heavy atom. The molecule has 0 bridgehead atoms. The Labute approximate surface area is 145 Å². The van der Waals surface area contributed by atoms with E-state index in [2.05, 4.69) is 11.1 Å². The highest BCUT2D eigenvalue weighted by Crippen LogP contribution is 2.36. The first-order chi connectivity index (χ1) is 11.9. The summed E-state index contributed by atoms with van der Waals surface area (Å²) in [7, 11) is 0. The van der Waals surface area contributed by atoms with Gasteiger partial charge in [0.1, 0.15) is 18.4 Å². The van der Waals surface area contributed by atoms with Crippen molar-refractivity contribution in [3.63, 3.8) is 0 Å². The van der Waals surface area contributed by atoms with Crippen molar-refractivity contribution in [3.05, 3.63) is 71.3 Å². The minimum atomic E-state index is -0.970. The lowest BCUT2D eigenvalue weighted by molar-refractivity contribution is 0.00484. The number of allylic oxidation sites excluding steroid dienone is 4. The number of hydrogen-bond acceptors (Lipinski definition) is 5. The van der Waals surface area contributed by atoms with Gasteiger partial charge in [0.2, 0.25) is 5.95 Å². The molecule has 1 aromatic rings. The van der Waals surface area contributed by atoms with Gasteiger partial charge in [0, 0.05) is 30.1 Å². The number of halogens is 1. The van der Waals surface area contributed by atoms with Gasteiger partial charge in [0.15, 0.2) is 0 Å². The van der Waals surface area contributed by atoms with Crippen LogP contribution in [0, 0.1) is 17.3 Å². The summed E-state index contributed by atoms with van der Waals surface area (Å²) >= 11 is 0. The fourth-order valence-electron chi connectivity index (χ4n) is 2.61. The molecule has 2 aliphatic rings. The van der Waals surface area contributed by atoms with Crippen molar-refractivity contribution >= 4 is 5.57 Å². The molecule has 0 aliphatic carbocycles. The highest BCUT2D eigenvalue weighted by molar-refractivity contribution is 5.84. The van der Waals surface area contributed by atoms with Crippen molar-refractivity contribution in [3.8, 4) is 6.07 Å². The quantitative estimate of drug-likeness (QED) is 0.854. The second kappa shape index (κ2) is 6.54. The molecule has 6 heteroatoms. The van der Waals surface area contributed by atoms with Gasteiger partial charge in [0.05, 0.1) is 16.9 Å². The second-order valence-corrected chi connectivity index (χ2v) is 6.49. The van der Waals surface area contributed by atoms with E-state index in [1.807, 2.05) is 11.0 Å². The maximum Gasteiger partial charge on any atom is 0.212 e. The van der Waals surface area contributed by atoms with Gasteiger partial charge in [-0.05, 0) is 38.1 Å². The molecular formula is C19H18FN3O2. The van der Waals surface area contributed by atoms with Crippen LogP contribution in [0.15, 0.2) is 59.8 Å². The molecular weight excluding hydrogens is 321 g/mol. The van der Waals surface area contributed by atoms with Crippen LogP contribution in [0.4, 0.5) is 4.39 Å². The third-order valence-corrected chi connectivity index (χ3v) is 3.70. The van der Waals surface area contributed by atoms with E-state index < -0.39 is 11.5 Å². The molecule has 5 nitrogen and oxygen atoms in total. The van der Waals surface area contributed by atoms with Crippen LogP contribution >= 0.6 is 0 Å². The van der Waals surface area contributed by atoms with Gasteiger partial charge in [-0.15, -0.1) is 0 Å². The Morgan fingerprint density at radius 2 is 2.24 bits per heavy atom. The van der Waals surface area contributed by atoms with Crippen molar-refractivity contribution in [1.82, 2.24) is 9.88 Å². The van der Waals surface area contributed by atoms with E-state index in [4.69, 9.17) is 4.74 Å². The maximum absolute atomic E-state index is 13.2. The van der Waals surface area contributed by atoms with Crippen molar-refractivity contribution in [1.29, 1.82) is 5.26 Å². The molecule has 1 N–H and O–H groups in total. The summed E-state index contributed by atoms with van der Waals surface area (Å²) in [6.07, 6.45) is 8.66. The number of hydrogen-bond donors (Lipinski definition) is 1. The zero-order chi connectivity index (χ0) is 18.0. The highest BCUT2D eigenvalue weighted by atomic mass is 19.1. The first-order valence-electron chi connectivity index (χ1n) is 7.86. The molecule has 0 saturated heterocycles. The molecule has 0 saturated carbocycles. The molecule has 0 amide bonds. The maximum atomic E-state index is 13.2. The van der Waals surface area contributed by atoms with Gasteiger partial charge in [-0.25, -0.2) is 4.98 Å². The summed E-state index contributed by atoms with van der Waals surface area (Å²) in [6, 6.07) is 5.09. The van der Waals surface area contributed by atoms with Crippen molar-refractivity contribution in [2.45, 2.75) is 19.4 Å². The lowest BCUT2D eigenvalue weighted by Crippen LogP contribution is -2.28. The van der Waals surface area contributed by atoms with Gasteiger partial charge in [-0.2, -0.15) is 9.65 Å². The largest absolute Gasteiger partial charge is 0.489 e. The van der Waals surface area contributed by atoms with Gasteiger partial charge in [0.25, 0.3) is 0 Å². The zero-order valence-electron chi connectivity index (χ0n) is 14.0. The van der Waals surface area contributed by atoms with E-state index >= 15 is 0 Å². The minimum Gasteiger partial charge on any atom is -0.489 e. The second-order valence-electron chi connectivity index (χ2n) is 6.49. The Bertz CT molecular complexity index is 837. The van der Waals surface area contributed by atoms with Crippen LogP contribution in [0.3, 0.4) is 0 Å². The third-order valence-electron chi connectivity index (χ3n) is 3.70. The topological polar surface area (TPSA) is 69.4 Å². The summed E-state index contributed by atoms with van der Waals surface area (Å²) in [5.41, 5.74) is 1.68. The SMILES string of the molecule is CC(C)(O)COC1=CN2CC=CC(C#N)=C2C(c2ccc(F)nc2)=C1. The predicted molar refractivity (Wildman–Crippen MR) is 91.0 cm³/mol. The van der Waals surface area contributed by atoms with Gasteiger partial charge in [-0.3, -0.25) is 0 Å². The Balaban J connectivity index is 2.04. The fraction of sp³-hybridized carbons (Fsp3) is 0.263. The molecule has 2 aliphatic heterocycles. The van der Waals surface area contributed by atoms with E-state index in [0.717, 1.165) is 11.3 Å². The van der Waals surface area contributed by atoms with Crippen LogP contribution in [0.2, 0.25) is 0 Å². The van der Waals surface area contributed by atoms with E-state index in [1.54, 1.807) is 38.3 Å². The Hall–Kier alpha value is -2.91. The number of fused-ring (bicyclic) bond motifs is 1. The predicted octanol–water partition coefficient (Wildman–Crippen LogP) is 2.90. The summed E-state index contributed by atoms with van der Waals surface area (Å²) in [6.45, 7) is 4.03. The molecule has 1 aromatic heterocycles. The smallest absolute Gasteiger partial charge is 0.212 e. The number of rotatable bonds is 4. The molecule has 0 spiro atoms. The summed E-state index contributed by atoms with van der Waals surface area (Å²) in [4.78, 5) is 5.60. The first-order valence-corrected chi connectivity index (χ1v) is 7.86. The number of aromatic nitrogens is 1. The highest BCUT2D eigenvalue weighted by Gasteiger charge is 2.26. The monoisotopic (exact) mass is 339 g/mol. The van der Waals surface area contributed by atoms with Gasteiger partial charge >= 0.3 is 0 Å². The standard InChI is InChI=1S/C19H18FN3O2/c1-19(2,24)12-25-15-8-16(14-5-6-17(20)22-10-14)18-13(9-21)4-3-7-23(18)11-15/h3-6,8,10-11,24H,7,12H2,1-2H3. The fourth-order valence-corrected chi connectivity index (χ4v) is 2.61. The molecule has 0 fully saturated rings. The van der Waals surface area contributed by atoms with E-state index in [0.29, 0.717) is 23.4 Å². The van der Waals surface area contributed by atoms with Crippen molar-refractivity contribution < 1.29 is 14.2 Å². The van der Waals surface area contributed by atoms with Crippen LogP contribution in [0.25, 0.3) is 5.57 Å². The molecule has 0 aromatic carbocycles. The van der Waals surface area contributed by atoms with Gasteiger partial charge < -0.3 is 14.7 Å².